The van der Waals surface area contributed by atoms with Crippen molar-refractivity contribution >= 4 is 15.9 Å². The summed E-state index contributed by atoms with van der Waals surface area (Å²) in [6.45, 7) is 6.73. The number of hydrogen-bond donors (Lipinski definition) is 1. The molecule has 0 saturated carbocycles. The van der Waals surface area contributed by atoms with E-state index in [0.29, 0.717) is 0 Å². The molecular formula is C8H11NO3S. The summed E-state index contributed by atoms with van der Waals surface area (Å²) in [4.78, 5) is 11.1. The first kappa shape index (κ1) is 11.6. The fourth-order valence-electron chi connectivity index (χ4n) is 0.591. The first-order valence-electron chi connectivity index (χ1n) is 3.38. The van der Waals surface area contributed by atoms with Gasteiger partial charge in [0.15, 0.2) is 0 Å². The van der Waals surface area contributed by atoms with Crippen molar-refractivity contribution in [3.05, 3.63) is 37.0 Å². The van der Waals surface area contributed by atoms with E-state index in [4.69, 9.17) is 0 Å². The van der Waals surface area contributed by atoms with Crippen LogP contribution in [0.2, 0.25) is 0 Å². The number of amides is 1. The van der Waals surface area contributed by atoms with E-state index in [9.17, 15) is 13.2 Å². The summed E-state index contributed by atoms with van der Waals surface area (Å²) >= 11 is 0. The van der Waals surface area contributed by atoms with Crippen molar-refractivity contribution in [2.75, 3.05) is 6.26 Å². The van der Waals surface area contributed by atoms with Crippen molar-refractivity contribution in [2.24, 2.45) is 0 Å². The third-order valence-electron chi connectivity index (χ3n) is 1.06. The number of nitrogens with one attached hydrogen (secondary N) is 1. The predicted molar refractivity (Wildman–Crippen MR) is 51.5 cm³/mol. The van der Waals surface area contributed by atoms with Crippen molar-refractivity contribution in [3.8, 4) is 0 Å². The van der Waals surface area contributed by atoms with Crippen molar-refractivity contribution < 1.29 is 13.2 Å². The van der Waals surface area contributed by atoms with Crippen molar-refractivity contribution in [1.29, 1.82) is 0 Å². The molecule has 0 bridgehead atoms. The molecule has 0 heterocycles. The Hall–Kier alpha value is -1.36. The molecule has 72 valence electrons. The lowest BCUT2D eigenvalue weighted by Gasteiger charge is -2.01. The fourth-order valence-corrected chi connectivity index (χ4v) is 1.05. The highest BCUT2D eigenvalue weighted by Gasteiger charge is 2.09. The van der Waals surface area contributed by atoms with Crippen LogP contribution in [0.3, 0.4) is 0 Å². The lowest BCUT2D eigenvalue weighted by Crippen LogP contribution is -2.30. The van der Waals surface area contributed by atoms with Gasteiger partial charge in [0.05, 0.1) is 6.26 Å². The zero-order valence-corrected chi connectivity index (χ0v) is 8.10. The Morgan fingerprint density at radius 1 is 1.38 bits per heavy atom. The molecule has 0 aromatic heterocycles. The first-order valence-corrected chi connectivity index (χ1v) is 5.27. The number of rotatable bonds is 4. The van der Waals surface area contributed by atoms with E-state index < -0.39 is 15.9 Å². The molecule has 0 unspecified atom stereocenters. The first-order chi connectivity index (χ1) is 5.90. The van der Waals surface area contributed by atoms with Gasteiger partial charge < -0.3 is 0 Å². The number of allylic oxidation sites excluding steroid dienone is 2. The second-order valence-corrected chi connectivity index (χ2v) is 4.01. The van der Waals surface area contributed by atoms with Gasteiger partial charge in [-0.15, -0.1) is 0 Å². The van der Waals surface area contributed by atoms with Crippen LogP contribution < -0.4 is 4.72 Å². The highest BCUT2D eigenvalue weighted by molar-refractivity contribution is 7.89. The summed E-state index contributed by atoms with van der Waals surface area (Å²) in [5, 5.41) is 0. The maximum atomic E-state index is 11.1. The van der Waals surface area contributed by atoms with Gasteiger partial charge in [-0.05, 0) is 0 Å². The van der Waals surface area contributed by atoms with E-state index in [1.54, 1.807) is 4.72 Å². The van der Waals surface area contributed by atoms with E-state index >= 15 is 0 Å². The number of carbonyl (C=O) groups is 1. The Labute approximate surface area is 77.7 Å². The maximum absolute atomic E-state index is 11.1. The minimum absolute atomic E-state index is 0.153. The van der Waals surface area contributed by atoms with Crippen LogP contribution in [-0.4, -0.2) is 20.6 Å². The topological polar surface area (TPSA) is 63.2 Å². The molecule has 0 saturated heterocycles. The summed E-state index contributed by atoms with van der Waals surface area (Å²) in [6, 6.07) is 0. The lowest BCUT2D eigenvalue weighted by atomic mass is 10.2. The highest BCUT2D eigenvalue weighted by atomic mass is 32.2. The second-order valence-electron chi connectivity index (χ2n) is 2.27. The monoisotopic (exact) mass is 201 g/mol. The molecule has 13 heavy (non-hydrogen) atoms. The SMILES string of the molecule is C=C/C=C(\C=C)C(=O)NS(C)(=O)=O. The smallest absolute Gasteiger partial charge is 0.264 e. The van der Waals surface area contributed by atoms with Crippen molar-refractivity contribution in [2.45, 2.75) is 0 Å². The maximum Gasteiger partial charge on any atom is 0.264 e. The lowest BCUT2D eigenvalue weighted by molar-refractivity contribution is -0.115. The van der Waals surface area contributed by atoms with Crippen LogP contribution in [0, 0.1) is 0 Å². The minimum Gasteiger partial charge on any atom is -0.268 e. The molecule has 0 rings (SSSR count). The van der Waals surface area contributed by atoms with E-state index in [0.717, 1.165) is 6.26 Å². The minimum atomic E-state index is -3.52. The summed E-state index contributed by atoms with van der Waals surface area (Å²) in [7, 11) is -3.52. The molecule has 0 spiro atoms. The molecule has 5 heteroatoms. The average molecular weight is 201 g/mol. The van der Waals surface area contributed by atoms with Crippen LogP contribution >= 0.6 is 0 Å². The molecule has 0 aliphatic heterocycles. The van der Waals surface area contributed by atoms with Gasteiger partial charge in [0, 0.05) is 5.57 Å². The Bertz CT molecular complexity index is 352. The third-order valence-corrected chi connectivity index (χ3v) is 1.61. The van der Waals surface area contributed by atoms with Gasteiger partial charge >= 0.3 is 0 Å². The number of carbonyl (C=O) groups excluding carboxylic acids is 1. The van der Waals surface area contributed by atoms with Gasteiger partial charge in [-0.2, -0.15) is 0 Å². The molecule has 0 aliphatic carbocycles. The Kier molecular flexibility index (Phi) is 4.13. The quantitative estimate of drug-likeness (QED) is 0.527. The summed E-state index contributed by atoms with van der Waals surface area (Å²) < 4.78 is 23.1. The second kappa shape index (κ2) is 4.61. The Morgan fingerprint density at radius 2 is 1.92 bits per heavy atom. The molecule has 4 nitrogen and oxygen atoms in total. The Balaban J connectivity index is 4.69. The zero-order valence-electron chi connectivity index (χ0n) is 7.28. The predicted octanol–water partition coefficient (Wildman–Crippen LogP) is 0.361. The van der Waals surface area contributed by atoms with Gasteiger partial charge in [-0.1, -0.05) is 31.4 Å². The van der Waals surface area contributed by atoms with Crippen LogP contribution in [0.4, 0.5) is 0 Å². The number of sulfonamides is 1. The fraction of sp³-hybridized carbons (Fsp3) is 0.125. The molecule has 0 aromatic rings. The summed E-state index contributed by atoms with van der Waals surface area (Å²) in [6.07, 6.45) is 4.90. The van der Waals surface area contributed by atoms with E-state index in [1.807, 2.05) is 0 Å². The standard InChI is InChI=1S/C8H11NO3S/c1-4-6-7(5-2)8(10)9-13(3,11)12/h4-6H,1-2H2,3H3,(H,9,10)/b7-6+. The summed E-state index contributed by atoms with van der Waals surface area (Å²) in [5.74, 6) is -0.711. The van der Waals surface area contributed by atoms with Crippen LogP contribution in [0.1, 0.15) is 0 Å². The van der Waals surface area contributed by atoms with Crippen LogP contribution in [0.15, 0.2) is 37.0 Å². The van der Waals surface area contributed by atoms with Gasteiger partial charge in [-0.3, -0.25) is 4.79 Å². The normalized spacial score (nSPS) is 11.9. The van der Waals surface area contributed by atoms with Crippen LogP contribution in [0.25, 0.3) is 0 Å². The average Bonchev–Trinajstić information content (AvgIpc) is 1.96. The molecule has 0 aliphatic rings. The van der Waals surface area contributed by atoms with E-state index in [-0.39, 0.29) is 5.57 Å². The third kappa shape index (κ3) is 4.97. The van der Waals surface area contributed by atoms with Crippen molar-refractivity contribution in [3.63, 3.8) is 0 Å². The Morgan fingerprint density at radius 3 is 2.23 bits per heavy atom. The van der Waals surface area contributed by atoms with Gasteiger partial charge in [0.2, 0.25) is 10.0 Å². The molecule has 0 fully saturated rings. The molecule has 1 amide bonds. The summed E-state index contributed by atoms with van der Waals surface area (Å²) in [5.41, 5.74) is 0.153. The molecular weight excluding hydrogens is 190 g/mol. The van der Waals surface area contributed by atoms with Gasteiger partial charge in [-0.25, -0.2) is 13.1 Å². The highest BCUT2D eigenvalue weighted by Crippen LogP contribution is 1.96. The number of hydrogen-bond acceptors (Lipinski definition) is 3. The molecule has 0 radical (unpaired) electrons. The zero-order chi connectivity index (χ0) is 10.5. The van der Waals surface area contributed by atoms with Gasteiger partial charge in [0.25, 0.3) is 5.91 Å². The van der Waals surface area contributed by atoms with Gasteiger partial charge in [0.1, 0.15) is 0 Å². The van der Waals surface area contributed by atoms with Crippen LogP contribution in [0.5, 0.6) is 0 Å². The van der Waals surface area contributed by atoms with Crippen LogP contribution in [-0.2, 0) is 14.8 Å². The van der Waals surface area contributed by atoms with Crippen molar-refractivity contribution in [1.82, 2.24) is 4.72 Å². The van der Waals surface area contributed by atoms with E-state index in [2.05, 4.69) is 13.2 Å². The molecule has 0 aromatic carbocycles. The molecule has 1 N–H and O–H groups in total. The molecule has 0 atom stereocenters. The van der Waals surface area contributed by atoms with E-state index in [1.165, 1.54) is 18.2 Å². The largest absolute Gasteiger partial charge is 0.268 e.